The molecule has 22 heavy (non-hydrogen) atoms. The minimum atomic E-state index is -0.668. The minimum absolute atomic E-state index is 0.0629. The Morgan fingerprint density at radius 3 is 2.73 bits per heavy atom. The molecule has 0 bridgehead atoms. The number of primary amides is 1. The summed E-state index contributed by atoms with van der Waals surface area (Å²) in [7, 11) is 1.54. The number of thioether (sulfide) groups is 1. The number of aromatic nitrogens is 2. The Morgan fingerprint density at radius 1 is 1.36 bits per heavy atom. The number of aliphatic imine (C=N–C) groups is 1. The van der Waals surface area contributed by atoms with Gasteiger partial charge in [0.1, 0.15) is 21.6 Å². The first-order chi connectivity index (χ1) is 10.5. The van der Waals surface area contributed by atoms with Gasteiger partial charge in [-0.1, -0.05) is 6.07 Å². The van der Waals surface area contributed by atoms with Crippen molar-refractivity contribution in [2.75, 3.05) is 7.05 Å². The van der Waals surface area contributed by atoms with Crippen LogP contribution in [0.25, 0.3) is 0 Å². The van der Waals surface area contributed by atoms with E-state index in [1.807, 2.05) is 0 Å². The lowest BCUT2D eigenvalue weighted by atomic mass is 10.3. The molecule has 8 heteroatoms. The topological polar surface area (TPSA) is 105 Å². The van der Waals surface area contributed by atoms with E-state index in [9.17, 15) is 9.18 Å². The van der Waals surface area contributed by atoms with E-state index in [1.165, 1.54) is 25.4 Å². The van der Waals surface area contributed by atoms with Crippen molar-refractivity contribution >= 4 is 27.8 Å². The molecule has 0 saturated heterocycles. The molecule has 6 nitrogen and oxygen atoms in total. The smallest absolute Gasteiger partial charge is 0.267 e. The van der Waals surface area contributed by atoms with Crippen LogP contribution in [0.2, 0.25) is 0 Å². The van der Waals surface area contributed by atoms with Gasteiger partial charge in [0.05, 0.1) is 11.9 Å². The number of nitrogens with one attached hydrogen (secondary N) is 1. The summed E-state index contributed by atoms with van der Waals surface area (Å²) in [5, 5.41) is 8.54. The van der Waals surface area contributed by atoms with E-state index in [4.69, 9.17) is 11.1 Å². The van der Waals surface area contributed by atoms with Gasteiger partial charge in [-0.15, -0.1) is 0 Å². The van der Waals surface area contributed by atoms with Crippen LogP contribution in [0.4, 0.5) is 4.39 Å². The van der Waals surface area contributed by atoms with Crippen molar-refractivity contribution in [2.45, 2.75) is 0 Å². The van der Waals surface area contributed by atoms with Crippen molar-refractivity contribution in [1.82, 2.24) is 9.97 Å². The number of nitrogens with zero attached hydrogens (tertiary/aromatic N) is 3. The lowest BCUT2D eigenvalue weighted by molar-refractivity contribution is 0.0995. The Balaban J connectivity index is 2.23. The van der Waals surface area contributed by atoms with Crippen LogP contribution in [-0.2, 0) is 0 Å². The molecule has 0 spiro atoms. The molecule has 0 aliphatic carbocycles. The number of nitrogens with two attached hydrogens (primary N) is 1. The first-order valence-corrected chi connectivity index (χ1v) is 6.94. The number of rotatable bonds is 3. The first kappa shape index (κ1) is 15.8. The molecule has 3 N–H and O–H groups in total. The molecule has 2 aromatic heterocycles. The second kappa shape index (κ2) is 6.90. The normalized spacial score (nSPS) is 11.3. The maximum Gasteiger partial charge on any atom is 0.267 e. The zero-order chi connectivity index (χ0) is 16.1. The van der Waals surface area contributed by atoms with E-state index in [2.05, 4.69) is 15.0 Å². The summed E-state index contributed by atoms with van der Waals surface area (Å²) in [5.74, 6) is -1.15. The Morgan fingerprint density at radius 2 is 2.09 bits per heavy atom. The van der Waals surface area contributed by atoms with Crippen molar-refractivity contribution in [3.63, 3.8) is 0 Å². The summed E-state index contributed by atoms with van der Waals surface area (Å²) in [6.07, 6.45) is 2.55. The van der Waals surface area contributed by atoms with Crippen molar-refractivity contribution < 1.29 is 9.18 Å². The van der Waals surface area contributed by atoms with Gasteiger partial charge in [-0.2, -0.15) is 0 Å². The van der Waals surface area contributed by atoms with Crippen molar-refractivity contribution in [3.05, 3.63) is 59.4 Å². The molecular formula is C14H12FN5OS. The lowest BCUT2D eigenvalue weighted by Crippen LogP contribution is -2.15. The number of pyridine rings is 2. The molecule has 0 aliphatic heterocycles. The van der Waals surface area contributed by atoms with Gasteiger partial charge in [-0.05, 0) is 30.0 Å². The minimum Gasteiger partial charge on any atom is -0.364 e. The summed E-state index contributed by atoms with van der Waals surface area (Å²) in [5.41, 5.74) is 5.99. The zero-order valence-electron chi connectivity index (χ0n) is 11.6. The van der Waals surface area contributed by atoms with Crippen LogP contribution in [0.5, 0.6) is 0 Å². The molecule has 2 aromatic rings. The summed E-state index contributed by atoms with van der Waals surface area (Å²) in [6.45, 7) is 0. The van der Waals surface area contributed by atoms with Gasteiger partial charge < -0.3 is 5.73 Å². The Kier molecular flexibility index (Phi) is 4.95. The highest BCUT2D eigenvalue weighted by Crippen LogP contribution is 2.18. The molecule has 0 fully saturated rings. The van der Waals surface area contributed by atoms with E-state index < -0.39 is 11.7 Å². The van der Waals surface area contributed by atoms with Gasteiger partial charge in [-0.25, -0.2) is 9.37 Å². The van der Waals surface area contributed by atoms with E-state index in [0.29, 0.717) is 10.6 Å². The zero-order valence-corrected chi connectivity index (χ0v) is 12.4. The number of carbonyl (C=O) groups excluding carboxylic acids is 1. The van der Waals surface area contributed by atoms with E-state index in [1.54, 1.807) is 12.1 Å². The van der Waals surface area contributed by atoms with Crippen molar-refractivity contribution in [2.24, 2.45) is 10.7 Å². The molecule has 0 aliphatic rings. The molecule has 0 aromatic carbocycles. The number of amides is 1. The number of carbonyl (C=O) groups is 1. The number of hydrogen-bond donors (Lipinski definition) is 2. The average molecular weight is 317 g/mol. The predicted octanol–water partition coefficient (Wildman–Crippen LogP) is 1.85. The number of hydrogen-bond acceptors (Lipinski definition) is 6. The lowest BCUT2D eigenvalue weighted by Gasteiger charge is -2.07. The van der Waals surface area contributed by atoms with Gasteiger partial charge >= 0.3 is 0 Å². The van der Waals surface area contributed by atoms with Gasteiger partial charge in [0.2, 0.25) is 0 Å². The summed E-state index contributed by atoms with van der Waals surface area (Å²) in [6, 6.07) is 5.92. The molecule has 112 valence electrons. The maximum absolute atomic E-state index is 13.2. The predicted molar refractivity (Wildman–Crippen MR) is 83.8 cm³/mol. The first-order valence-electron chi connectivity index (χ1n) is 6.12. The van der Waals surface area contributed by atoms with Gasteiger partial charge in [0, 0.05) is 18.8 Å². The van der Waals surface area contributed by atoms with E-state index in [-0.39, 0.29) is 16.4 Å². The summed E-state index contributed by atoms with van der Waals surface area (Å²) < 4.78 is 13.2. The van der Waals surface area contributed by atoms with E-state index >= 15 is 0 Å². The molecule has 1 amide bonds. The molecule has 0 saturated carbocycles. The molecule has 0 unspecified atom stereocenters. The fraction of sp³-hybridized carbons (Fsp3) is 0.0714. The number of halogens is 1. The van der Waals surface area contributed by atoms with E-state index in [0.717, 1.165) is 18.0 Å². The van der Waals surface area contributed by atoms with Gasteiger partial charge in [0.15, 0.2) is 0 Å². The summed E-state index contributed by atoms with van der Waals surface area (Å²) >= 11 is 0.992. The van der Waals surface area contributed by atoms with Crippen LogP contribution in [0.3, 0.4) is 0 Å². The third-order valence-electron chi connectivity index (χ3n) is 2.59. The highest BCUT2D eigenvalue weighted by molar-refractivity contribution is 8.27. The largest absolute Gasteiger partial charge is 0.364 e. The second-order valence-corrected chi connectivity index (χ2v) is 5.12. The monoisotopic (exact) mass is 317 g/mol. The van der Waals surface area contributed by atoms with Crippen LogP contribution in [0.15, 0.2) is 41.7 Å². The molecule has 2 rings (SSSR count). The quantitative estimate of drug-likeness (QED) is 0.665. The molecule has 2 heterocycles. The highest BCUT2D eigenvalue weighted by atomic mass is 32.2. The van der Waals surface area contributed by atoms with Crippen LogP contribution in [0.1, 0.15) is 21.7 Å². The van der Waals surface area contributed by atoms with Crippen LogP contribution in [-0.4, -0.2) is 33.0 Å². The van der Waals surface area contributed by atoms with Gasteiger partial charge in [0.25, 0.3) is 5.91 Å². The van der Waals surface area contributed by atoms with Crippen LogP contribution >= 0.6 is 11.8 Å². The standard InChI is InChI=1S/C14H12FN5OS/c1-18-14(8-5-9(15)7-19-6-8)22-13(17)11-4-2-3-10(20-11)12(16)21/h2-7,17H,1H3,(H2,16,21)/b17-13?,18-14-. The maximum atomic E-state index is 13.2. The Labute approximate surface area is 130 Å². The van der Waals surface area contributed by atoms with Crippen molar-refractivity contribution in [1.29, 1.82) is 5.41 Å². The molecule has 0 radical (unpaired) electrons. The highest BCUT2D eigenvalue weighted by Gasteiger charge is 2.13. The SMILES string of the molecule is C/N=C(\SC(=N)c1cccc(C(N)=O)n1)c1cncc(F)c1. The van der Waals surface area contributed by atoms with Crippen LogP contribution in [0, 0.1) is 11.2 Å². The van der Waals surface area contributed by atoms with Gasteiger partial charge in [-0.3, -0.25) is 20.2 Å². The second-order valence-electron chi connectivity index (χ2n) is 4.12. The van der Waals surface area contributed by atoms with Crippen molar-refractivity contribution in [3.8, 4) is 0 Å². The Bertz CT molecular complexity index is 762. The third kappa shape index (κ3) is 3.73. The Hall–Kier alpha value is -2.61. The fourth-order valence-electron chi connectivity index (χ4n) is 1.61. The molecule has 0 atom stereocenters. The molecular weight excluding hydrogens is 305 g/mol. The summed E-state index contributed by atoms with van der Waals surface area (Å²) in [4.78, 5) is 22.9. The average Bonchev–Trinajstić information content (AvgIpc) is 2.52. The van der Waals surface area contributed by atoms with Crippen LogP contribution < -0.4 is 5.73 Å². The third-order valence-corrected chi connectivity index (χ3v) is 3.61. The fourth-order valence-corrected chi connectivity index (χ4v) is 2.34.